The lowest BCUT2D eigenvalue weighted by Gasteiger charge is -2.55. The Hall–Kier alpha value is -2.05. The summed E-state index contributed by atoms with van der Waals surface area (Å²) in [5.74, 6) is 0.131. The van der Waals surface area contributed by atoms with E-state index in [1.165, 1.54) is 17.7 Å². The van der Waals surface area contributed by atoms with Crippen LogP contribution in [0.1, 0.15) is 50.8 Å². The van der Waals surface area contributed by atoms with Crippen molar-refractivity contribution in [1.82, 2.24) is 9.78 Å². The zero-order valence-electron chi connectivity index (χ0n) is 19.7. The van der Waals surface area contributed by atoms with Crippen LogP contribution in [0.4, 0.5) is 8.78 Å². The van der Waals surface area contributed by atoms with Gasteiger partial charge in [-0.2, -0.15) is 5.10 Å². The molecule has 6 heteroatoms. The van der Waals surface area contributed by atoms with Crippen molar-refractivity contribution >= 4 is 0 Å². The van der Waals surface area contributed by atoms with Gasteiger partial charge in [-0.05, 0) is 97.3 Å². The van der Waals surface area contributed by atoms with Gasteiger partial charge in [-0.1, -0.05) is 26.0 Å². The smallest absolute Gasteiger partial charge is 0.151 e. The van der Waals surface area contributed by atoms with Crippen molar-refractivity contribution in [1.29, 1.82) is 0 Å². The highest BCUT2D eigenvalue weighted by molar-refractivity contribution is 5.39. The fourth-order valence-electron chi connectivity index (χ4n) is 7.70. The van der Waals surface area contributed by atoms with Gasteiger partial charge in [-0.3, -0.25) is 0 Å². The second-order valence-electron chi connectivity index (χ2n) is 11.1. The van der Waals surface area contributed by atoms with Crippen molar-refractivity contribution in [3.05, 3.63) is 59.4 Å². The van der Waals surface area contributed by atoms with E-state index in [0.717, 1.165) is 49.4 Å². The average Bonchev–Trinajstić information content (AvgIpc) is 3.32. The molecule has 4 nitrogen and oxygen atoms in total. The first-order valence-electron chi connectivity index (χ1n) is 12.2. The van der Waals surface area contributed by atoms with Crippen LogP contribution >= 0.6 is 0 Å². The molecule has 1 aromatic carbocycles. The van der Waals surface area contributed by atoms with Gasteiger partial charge in [0.15, 0.2) is 5.82 Å². The van der Waals surface area contributed by atoms with Crippen LogP contribution in [-0.2, 0) is 12.8 Å². The molecule has 2 fully saturated rings. The molecule has 1 heterocycles. The summed E-state index contributed by atoms with van der Waals surface area (Å²) in [7, 11) is 0. The molecular formula is C27H35F2N3O. The summed E-state index contributed by atoms with van der Waals surface area (Å²) in [6, 6.07) is 3.57. The summed E-state index contributed by atoms with van der Waals surface area (Å²) < 4.78 is 29.6. The SMILES string of the molecule is C=C1CC[C@H]2[C@H](CN)[C@@H]([C@@]3(C)Cc4cnn(-c5ccc(F)cc5F)c4C[C@@H]3CO)CC[C@]12C. The third-order valence-corrected chi connectivity index (χ3v) is 9.77. The molecule has 6 atom stereocenters. The van der Waals surface area contributed by atoms with E-state index >= 15 is 0 Å². The summed E-state index contributed by atoms with van der Waals surface area (Å²) in [4.78, 5) is 0. The fraction of sp³-hybridized carbons (Fsp3) is 0.593. The molecule has 3 aliphatic carbocycles. The number of nitrogens with two attached hydrogens (primary N) is 1. The molecule has 0 unspecified atom stereocenters. The number of fused-ring (bicyclic) bond motifs is 2. The summed E-state index contributed by atoms with van der Waals surface area (Å²) in [6.07, 6.45) is 7.66. The molecule has 2 aromatic rings. The quantitative estimate of drug-likeness (QED) is 0.650. The van der Waals surface area contributed by atoms with Gasteiger partial charge < -0.3 is 10.8 Å². The number of allylic oxidation sites excluding steroid dienone is 1. The molecule has 3 N–H and O–H groups in total. The Morgan fingerprint density at radius 3 is 2.73 bits per heavy atom. The molecule has 0 radical (unpaired) electrons. The highest BCUT2D eigenvalue weighted by Crippen LogP contribution is 2.62. The molecule has 33 heavy (non-hydrogen) atoms. The molecule has 0 amide bonds. The summed E-state index contributed by atoms with van der Waals surface area (Å²) in [5, 5.41) is 15.0. The molecule has 0 bridgehead atoms. The Bertz CT molecular complexity index is 1080. The Morgan fingerprint density at radius 1 is 1.24 bits per heavy atom. The van der Waals surface area contributed by atoms with Gasteiger partial charge in [0, 0.05) is 18.4 Å². The minimum atomic E-state index is -0.633. The van der Waals surface area contributed by atoms with Crippen LogP contribution in [0.5, 0.6) is 0 Å². The van der Waals surface area contributed by atoms with Gasteiger partial charge >= 0.3 is 0 Å². The maximum atomic E-state index is 14.5. The molecule has 5 rings (SSSR count). The first-order chi connectivity index (χ1) is 15.7. The third-order valence-electron chi connectivity index (χ3n) is 9.77. The molecule has 178 valence electrons. The van der Waals surface area contributed by atoms with E-state index < -0.39 is 11.6 Å². The van der Waals surface area contributed by atoms with E-state index in [1.807, 2.05) is 6.20 Å². The van der Waals surface area contributed by atoms with Crippen LogP contribution in [0, 0.1) is 46.1 Å². The monoisotopic (exact) mass is 455 g/mol. The van der Waals surface area contributed by atoms with E-state index in [0.29, 0.717) is 30.7 Å². The second kappa shape index (κ2) is 8.02. The molecule has 3 aliphatic rings. The number of benzene rings is 1. The fourth-order valence-corrected chi connectivity index (χ4v) is 7.70. The van der Waals surface area contributed by atoms with E-state index in [2.05, 4.69) is 25.5 Å². The predicted octanol–water partition coefficient (Wildman–Crippen LogP) is 4.82. The topological polar surface area (TPSA) is 64.1 Å². The largest absolute Gasteiger partial charge is 0.396 e. The number of aromatic nitrogens is 2. The van der Waals surface area contributed by atoms with Crippen molar-refractivity contribution in [2.24, 2.45) is 40.2 Å². The van der Waals surface area contributed by atoms with E-state index in [9.17, 15) is 13.9 Å². The Morgan fingerprint density at radius 2 is 2.03 bits per heavy atom. The van der Waals surface area contributed by atoms with E-state index in [4.69, 9.17) is 5.73 Å². The zero-order chi connectivity index (χ0) is 23.5. The first kappa shape index (κ1) is 22.7. The summed E-state index contributed by atoms with van der Waals surface area (Å²) in [5.41, 5.74) is 10.1. The lowest BCUT2D eigenvalue weighted by atomic mass is 9.49. The number of aliphatic hydroxyl groups excluding tert-OH is 1. The van der Waals surface area contributed by atoms with Crippen LogP contribution in [0.25, 0.3) is 5.69 Å². The maximum absolute atomic E-state index is 14.5. The lowest BCUT2D eigenvalue weighted by molar-refractivity contribution is -0.0538. The molecule has 0 spiro atoms. The molecule has 0 aliphatic heterocycles. The van der Waals surface area contributed by atoms with E-state index in [1.54, 1.807) is 4.68 Å². The van der Waals surface area contributed by atoms with Crippen LogP contribution in [0.2, 0.25) is 0 Å². The molecule has 1 aromatic heterocycles. The van der Waals surface area contributed by atoms with Gasteiger partial charge in [0.25, 0.3) is 0 Å². The normalized spacial score (nSPS) is 36.0. The summed E-state index contributed by atoms with van der Waals surface area (Å²) in [6.45, 7) is 9.79. The number of aliphatic hydroxyl groups is 1. The second-order valence-corrected chi connectivity index (χ2v) is 11.1. The van der Waals surface area contributed by atoms with Crippen molar-refractivity contribution in [3.63, 3.8) is 0 Å². The van der Waals surface area contributed by atoms with Gasteiger partial charge in [-0.25, -0.2) is 13.5 Å². The standard InChI is InChI=1S/C27H35F2N3O/c1-16-4-6-21-20(13-30)22(8-9-26(16,21)2)27(3)12-17-14-31-32(25(17)10-18(27)15-33)24-7-5-19(28)11-23(24)29/h5,7,11,14,18,20-22,33H,1,4,6,8-10,12-13,15,30H2,2-3H3/t18-,20+,21+,22+,26-,27+/m1/s1. The average molecular weight is 456 g/mol. The van der Waals surface area contributed by atoms with Crippen LogP contribution in [-0.4, -0.2) is 28.0 Å². The van der Waals surface area contributed by atoms with Crippen molar-refractivity contribution in [3.8, 4) is 5.69 Å². The minimum absolute atomic E-state index is 0.0250. The number of hydrogen-bond acceptors (Lipinski definition) is 3. The maximum Gasteiger partial charge on any atom is 0.151 e. The van der Waals surface area contributed by atoms with Crippen LogP contribution < -0.4 is 5.73 Å². The number of nitrogens with zero attached hydrogens (tertiary/aromatic N) is 2. The van der Waals surface area contributed by atoms with E-state index in [-0.39, 0.29) is 29.0 Å². The minimum Gasteiger partial charge on any atom is -0.396 e. The highest BCUT2D eigenvalue weighted by Gasteiger charge is 2.56. The lowest BCUT2D eigenvalue weighted by Crippen LogP contribution is -2.53. The number of hydrogen-bond donors (Lipinski definition) is 2. The van der Waals surface area contributed by atoms with Crippen molar-refractivity contribution in [2.45, 2.75) is 52.4 Å². The van der Waals surface area contributed by atoms with Gasteiger partial charge in [0.1, 0.15) is 11.5 Å². The molecule has 2 saturated carbocycles. The van der Waals surface area contributed by atoms with Crippen molar-refractivity contribution < 1.29 is 13.9 Å². The molecular weight excluding hydrogens is 420 g/mol. The Kier molecular flexibility index (Phi) is 5.52. The van der Waals surface area contributed by atoms with Gasteiger partial charge in [0.2, 0.25) is 0 Å². The number of halogens is 2. The Balaban J connectivity index is 1.51. The Labute approximate surface area is 194 Å². The van der Waals surface area contributed by atoms with Crippen LogP contribution in [0.15, 0.2) is 36.5 Å². The highest BCUT2D eigenvalue weighted by atomic mass is 19.1. The first-order valence-corrected chi connectivity index (χ1v) is 12.2. The third kappa shape index (κ3) is 3.32. The number of rotatable bonds is 4. The van der Waals surface area contributed by atoms with Gasteiger partial charge in [-0.15, -0.1) is 0 Å². The molecule has 0 saturated heterocycles. The zero-order valence-corrected chi connectivity index (χ0v) is 19.7. The summed E-state index contributed by atoms with van der Waals surface area (Å²) >= 11 is 0. The predicted molar refractivity (Wildman–Crippen MR) is 125 cm³/mol. The van der Waals surface area contributed by atoms with Crippen LogP contribution in [0.3, 0.4) is 0 Å². The van der Waals surface area contributed by atoms with Crippen molar-refractivity contribution in [2.75, 3.05) is 13.2 Å². The van der Waals surface area contributed by atoms with Gasteiger partial charge in [0.05, 0.1) is 6.20 Å².